The van der Waals surface area contributed by atoms with E-state index in [0.717, 1.165) is 24.8 Å². The first kappa shape index (κ1) is 24.4. The average molecular weight is 463 g/mol. The molecule has 0 saturated heterocycles. The lowest BCUT2D eigenvalue weighted by atomic mass is 9.50. The van der Waals surface area contributed by atoms with Crippen LogP contribution in [0.3, 0.4) is 0 Å². The van der Waals surface area contributed by atoms with E-state index in [1.807, 2.05) is 0 Å². The molecule has 1 saturated carbocycles. The zero-order valence-corrected chi connectivity index (χ0v) is 22.6. The van der Waals surface area contributed by atoms with E-state index < -0.39 is 8.32 Å². The van der Waals surface area contributed by atoms with E-state index in [4.69, 9.17) is 4.43 Å². The van der Waals surface area contributed by atoms with Crippen molar-refractivity contribution >= 4 is 18.7 Å². The van der Waals surface area contributed by atoms with Crippen LogP contribution in [-0.2, 0) is 4.43 Å². The molecule has 0 aliphatic heterocycles. The monoisotopic (exact) mass is 462 g/mol. The largest absolute Gasteiger partial charge is 0.404 e. The van der Waals surface area contributed by atoms with Crippen LogP contribution in [-0.4, -0.2) is 25.6 Å². The molecule has 0 unspecified atom stereocenters. The van der Waals surface area contributed by atoms with Crippen LogP contribution >= 0.6 is 0 Å². The van der Waals surface area contributed by atoms with Crippen LogP contribution in [0, 0.1) is 16.7 Å². The van der Waals surface area contributed by atoms with Gasteiger partial charge in [0.15, 0.2) is 0 Å². The lowest BCUT2D eigenvalue weighted by Gasteiger charge is -2.59. The Morgan fingerprint density at radius 3 is 1.91 bits per heavy atom. The Balaban J connectivity index is 1.83. The molecule has 4 atom stereocenters. The van der Waals surface area contributed by atoms with Crippen molar-refractivity contribution in [3.63, 3.8) is 0 Å². The van der Waals surface area contributed by atoms with Gasteiger partial charge in [0.05, 0.1) is 12.2 Å². The number of fused-ring (bicyclic) bond motifs is 1. The topological polar surface area (TPSA) is 29.5 Å². The van der Waals surface area contributed by atoms with Crippen molar-refractivity contribution in [3.8, 4) is 0 Å². The predicted molar refractivity (Wildman–Crippen MR) is 141 cm³/mol. The third-order valence-electron chi connectivity index (χ3n) is 8.94. The fraction of sp³-hybridized carbons (Fsp3) is 0.533. The molecule has 2 aliphatic carbocycles. The highest BCUT2D eigenvalue weighted by atomic mass is 28.4. The molecule has 0 radical (unpaired) electrons. The molecule has 2 nitrogen and oxygen atoms in total. The second-order valence-electron chi connectivity index (χ2n) is 12.3. The molecule has 2 aliphatic rings. The molecule has 0 heterocycles. The minimum absolute atomic E-state index is 0.0326. The Morgan fingerprint density at radius 1 is 0.909 bits per heavy atom. The van der Waals surface area contributed by atoms with E-state index in [9.17, 15) is 5.11 Å². The van der Waals surface area contributed by atoms with Gasteiger partial charge in [-0.1, -0.05) is 108 Å². The molecule has 0 amide bonds. The summed E-state index contributed by atoms with van der Waals surface area (Å²) in [6.45, 7) is 16.2. The number of aliphatic hydroxyl groups is 1. The molecule has 0 aromatic heterocycles. The van der Waals surface area contributed by atoms with E-state index in [1.165, 1.54) is 10.4 Å². The molecule has 2 aromatic rings. The number of hydrogen-bond donors (Lipinski definition) is 1. The maximum Gasteiger partial charge on any atom is 0.261 e. The molecule has 4 rings (SSSR count). The SMILES string of the molecule is CC1=CC[C@H]2C(C)(C)[C@@H](O[Si](c3ccccc3)(c3ccccc3)C(C)(C)C)CC[C@]2(C)[C@@H]1O. The van der Waals surface area contributed by atoms with Crippen molar-refractivity contribution in [2.45, 2.75) is 85.0 Å². The van der Waals surface area contributed by atoms with Crippen molar-refractivity contribution < 1.29 is 9.53 Å². The summed E-state index contributed by atoms with van der Waals surface area (Å²) in [4.78, 5) is 0. The van der Waals surface area contributed by atoms with E-state index in [1.54, 1.807) is 0 Å². The van der Waals surface area contributed by atoms with Gasteiger partial charge >= 0.3 is 0 Å². The number of allylic oxidation sites excluding steroid dienone is 1. The zero-order chi connectivity index (χ0) is 24.1. The van der Waals surface area contributed by atoms with E-state index >= 15 is 0 Å². The maximum absolute atomic E-state index is 11.2. The Kier molecular flexibility index (Phi) is 6.31. The summed E-state index contributed by atoms with van der Waals surface area (Å²) in [5, 5.41) is 13.8. The van der Waals surface area contributed by atoms with Gasteiger partial charge in [-0.15, -0.1) is 0 Å². The molecule has 1 N–H and O–H groups in total. The van der Waals surface area contributed by atoms with Gasteiger partial charge in [0, 0.05) is 5.41 Å². The maximum atomic E-state index is 11.2. The van der Waals surface area contributed by atoms with Gasteiger partial charge in [0.25, 0.3) is 8.32 Å². The summed E-state index contributed by atoms with van der Waals surface area (Å²) in [5.74, 6) is 0.390. The molecule has 33 heavy (non-hydrogen) atoms. The minimum Gasteiger partial charge on any atom is -0.404 e. The van der Waals surface area contributed by atoms with Gasteiger partial charge < -0.3 is 9.53 Å². The predicted octanol–water partition coefficient (Wildman–Crippen LogP) is 6.09. The number of benzene rings is 2. The van der Waals surface area contributed by atoms with Crippen molar-refractivity contribution in [1.82, 2.24) is 0 Å². The normalized spacial score (nSPS) is 29.8. The van der Waals surface area contributed by atoms with Crippen LogP contribution in [0.25, 0.3) is 0 Å². The Bertz CT molecular complexity index is 949. The first-order chi connectivity index (χ1) is 15.4. The van der Waals surface area contributed by atoms with Crippen LogP contribution in [0.1, 0.15) is 67.7 Å². The Morgan fingerprint density at radius 2 is 1.42 bits per heavy atom. The highest BCUT2D eigenvalue weighted by Gasteiger charge is 2.59. The first-order valence-corrected chi connectivity index (χ1v) is 14.5. The van der Waals surface area contributed by atoms with Crippen molar-refractivity contribution in [1.29, 1.82) is 0 Å². The summed E-state index contributed by atoms with van der Waals surface area (Å²) in [6, 6.07) is 21.9. The van der Waals surface area contributed by atoms with Gasteiger partial charge in [-0.05, 0) is 58.5 Å². The number of hydrogen-bond acceptors (Lipinski definition) is 2. The van der Waals surface area contributed by atoms with Gasteiger partial charge in [0.2, 0.25) is 0 Å². The third kappa shape index (κ3) is 3.86. The van der Waals surface area contributed by atoms with Gasteiger partial charge in [-0.25, -0.2) is 0 Å². The first-order valence-electron chi connectivity index (χ1n) is 12.6. The van der Waals surface area contributed by atoms with Crippen LogP contribution in [0.4, 0.5) is 0 Å². The van der Waals surface area contributed by atoms with E-state index in [-0.39, 0.29) is 28.1 Å². The standard InChI is InChI=1S/C30H42O2Si/c1-22-18-19-25-29(5,6)26(20-21-30(25,7)27(22)31)32-33(28(2,3)4,23-14-10-8-11-15-23)24-16-12-9-13-17-24/h8-18,25-27,31H,19-21H2,1-7H3/t25-,26-,27+,30-/m0/s1. The van der Waals surface area contributed by atoms with Gasteiger partial charge in [-0.3, -0.25) is 0 Å². The molecule has 2 aromatic carbocycles. The van der Waals surface area contributed by atoms with Crippen molar-refractivity contribution in [2.75, 3.05) is 0 Å². The van der Waals surface area contributed by atoms with Gasteiger partial charge in [0.1, 0.15) is 0 Å². The summed E-state index contributed by atoms with van der Waals surface area (Å²) in [5.41, 5.74) is 1.00. The number of rotatable bonds is 4. The molecular weight excluding hydrogens is 420 g/mol. The second kappa shape index (κ2) is 8.52. The fourth-order valence-corrected chi connectivity index (χ4v) is 11.9. The molecule has 1 fully saturated rings. The third-order valence-corrected chi connectivity index (χ3v) is 14.0. The lowest BCUT2D eigenvalue weighted by Crippen LogP contribution is -2.70. The van der Waals surface area contributed by atoms with Crippen molar-refractivity contribution in [3.05, 3.63) is 72.3 Å². The van der Waals surface area contributed by atoms with Gasteiger partial charge in [-0.2, -0.15) is 0 Å². The zero-order valence-electron chi connectivity index (χ0n) is 21.6. The molecular formula is C30H42O2Si. The van der Waals surface area contributed by atoms with Crippen LogP contribution < -0.4 is 10.4 Å². The van der Waals surface area contributed by atoms with Crippen LogP contribution in [0.15, 0.2) is 72.3 Å². The van der Waals surface area contributed by atoms with E-state index in [0.29, 0.717) is 5.92 Å². The summed E-state index contributed by atoms with van der Waals surface area (Å²) in [6.07, 6.45) is 5.05. The highest BCUT2D eigenvalue weighted by molar-refractivity contribution is 6.99. The van der Waals surface area contributed by atoms with Crippen LogP contribution in [0.2, 0.25) is 5.04 Å². The highest BCUT2D eigenvalue weighted by Crippen LogP contribution is 2.59. The lowest BCUT2D eigenvalue weighted by molar-refractivity contribution is -0.128. The fourth-order valence-electron chi connectivity index (χ4n) is 7.01. The Hall–Kier alpha value is -1.68. The average Bonchev–Trinajstić information content (AvgIpc) is 2.77. The summed E-state index contributed by atoms with van der Waals surface area (Å²) < 4.78 is 7.62. The Labute approximate surface area is 202 Å². The summed E-state index contributed by atoms with van der Waals surface area (Å²) >= 11 is 0. The van der Waals surface area contributed by atoms with E-state index in [2.05, 4.69) is 115 Å². The molecule has 3 heteroatoms. The second-order valence-corrected chi connectivity index (χ2v) is 16.5. The smallest absolute Gasteiger partial charge is 0.261 e. The molecule has 0 spiro atoms. The summed E-state index contributed by atoms with van der Waals surface area (Å²) in [7, 11) is -2.61. The number of aliphatic hydroxyl groups excluding tert-OH is 1. The minimum atomic E-state index is -2.61. The molecule has 178 valence electrons. The quantitative estimate of drug-likeness (QED) is 0.440. The van der Waals surface area contributed by atoms with Crippen LogP contribution in [0.5, 0.6) is 0 Å². The van der Waals surface area contributed by atoms with Crippen molar-refractivity contribution in [2.24, 2.45) is 16.7 Å². The molecule has 0 bridgehead atoms.